The van der Waals surface area contributed by atoms with Crippen molar-refractivity contribution in [2.75, 3.05) is 12.3 Å². The minimum absolute atomic E-state index is 0.0118. The van der Waals surface area contributed by atoms with E-state index >= 15 is 0 Å². The molecule has 21 heavy (non-hydrogen) atoms. The number of amides is 1. The number of nitrogens with zero attached hydrogens (tertiary/aromatic N) is 3. The smallest absolute Gasteiger partial charge is 0.275 e. The molecule has 2 heterocycles. The van der Waals surface area contributed by atoms with Crippen molar-refractivity contribution in [3.8, 4) is 0 Å². The lowest BCUT2D eigenvalue weighted by Crippen LogP contribution is -2.33. The van der Waals surface area contributed by atoms with Gasteiger partial charge < -0.3 is 4.90 Å². The SMILES string of the molecule is Cn1nc(C(=O)N2CCSC2c2ccccc2)ccc1=O. The summed E-state index contributed by atoms with van der Waals surface area (Å²) < 4.78 is 1.19. The minimum atomic E-state index is -0.220. The third kappa shape index (κ3) is 2.71. The first kappa shape index (κ1) is 13.9. The molecule has 1 unspecified atom stereocenters. The molecule has 108 valence electrons. The number of rotatable bonds is 2. The Morgan fingerprint density at radius 2 is 2.00 bits per heavy atom. The van der Waals surface area contributed by atoms with Gasteiger partial charge in [-0.2, -0.15) is 5.10 Å². The Morgan fingerprint density at radius 1 is 1.24 bits per heavy atom. The zero-order chi connectivity index (χ0) is 14.8. The third-order valence-corrected chi connectivity index (χ3v) is 4.68. The highest BCUT2D eigenvalue weighted by atomic mass is 32.2. The lowest BCUT2D eigenvalue weighted by atomic mass is 10.2. The molecule has 1 amide bonds. The quantitative estimate of drug-likeness (QED) is 0.846. The van der Waals surface area contributed by atoms with E-state index in [9.17, 15) is 9.59 Å². The van der Waals surface area contributed by atoms with E-state index in [1.807, 2.05) is 35.2 Å². The molecule has 2 aromatic rings. The predicted octanol–water partition coefficient (Wildman–Crippen LogP) is 1.67. The van der Waals surface area contributed by atoms with Crippen LogP contribution in [0.5, 0.6) is 0 Å². The first-order chi connectivity index (χ1) is 10.2. The summed E-state index contributed by atoms with van der Waals surface area (Å²) in [4.78, 5) is 25.8. The summed E-state index contributed by atoms with van der Waals surface area (Å²) in [5.41, 5.74) is 1.20. The van der Waals surface area contributed by atoms with Gasteiger partial charge in [-0.05, 0) is 11.6 Å². The van der Waals surface area contributed by atoms with Crippen molar-refractivity contribution in [1.82, 2.24) is 14.7 Å². The van der Waals surface area contributed by atoms with Gasteiger partial charge in [-0.25, -0.2) is 4.68 Å². The maximum absolute atomic E-state index is 12.6. The van der Waals surface area contributed by atoms with Crippen molar-refractivity contribution in [3.05, 3.63) is 64.1 Å². The van der Waals surface area contributed by atoms with E-state index in [-0.39, 0.29) is 16.8 Å². The van der Waals surface area contributed by atoms with E-state index < -0.39 is 0 Å². The van der Waals surface area contributed by atoms with Crippen LogP contribution in [0.3, 0.4) is 0 Å². The van der Waals surface area contributed by atoms with Crippen molar-refractivity contribution in [1.29, 1.82) is 0 Å². The molecule has 0 N–H and O–H groups in total. The first-order valence-electron chi connectivity index (χ1n) is 6.69. The molecule has 1 aliphatic heterocycles. The molecule has 5 nitrogen and oxygen atoms in total. The molecule has 0 aliphatic carbocycles. The van der Waals surface area contributed by atoms with Crippen LogP contribution < -0.4 is 5.56 Å². The molecule has 0 saturated carbocycles. The molecule has 1 atom stereocenters. The fraction of sp³-hybridized carbons (Fsp3) is 0.267. The molecule has 1 aromatic heterocycles. The number of thioether (sulfide) groups is 1. The number of aromatic nitrogens is 2. The zero-order valence-electron chi connectivity index (χ0n) is 11.6. The van der Waals surface area contributed by atoms with Gasteiger partial charge in [0.2, 0.25) is 0 Å². The van der Waals surface area contributed by atoms with Crippen molar-refractivity contribution in [2.45, 2.75) is 5.37 Å². The fourth-order valence-electron chi connectivity index (χ4n) is 2.34. The highest BCUT2D eigenvalue weighted by Crippen LogP contribution is 2.38. The van der Waals surface area contributed by atoms with E-state index in [1.54, 1.807) is 18.8 Å². The van der Waals surface area contributed by atoms with E-state index in [0.29, 0.717) is 12.2 Å². The molecule has 3 rings (SSSR count). The van der Waals surface area contributed by atoms with E-state index in [2.05, 4.69) is 5.10 Å². The van der Waals surface area contributed by atoms with Crippen LogP contribution in [0.1, 0.15) is 21.4 Å². The van der Waals surface area contributed by atoms with E-state index in [4.69, 9.17) is 0 Å². The molecular formula is C15H15N3O2S. The number of carbonyl (C=O) groups excluding carboxylic acids is 1. The Kier molecular flexibility index (Phi) is 3.79. The van der Waals surface area contributed by atoms with Gasteiger partial charge in [-0.15, -0.1) is 11.8 Å². The Morgan fingerprint density at radius 3 is 2.71 bits per heavy atom. The monoisotopic (exact) mass is 301 g/mol. The van der Waals surface area contributed by atoms with Crippen molar-refractivity contribution >= 4 is 17.7 Å². The standard InChI is InChI=1S/C15H15N3O2S/c1-17-13(19)8-7-12(16-17)14(20)18-9-10-21-15(18)11-5-3-2-4-6-11/h2-8,15H,9-10H2,1H3. The van der Waals surface area contributed by atoms with E-state index in [0.717, 1.165) is 11.3 Å². The van der Waals surface area contributed by atoms with Crippen LogP contribution >= 0.6 is 11.8 Å². The molecule has 6 heteroatoms. The van der Waals surface area contributed by atoms with Gasteiger partial charge in [0.05, 0.1) is 0 Å². The Bertz CT molecular complexity index is 714. The van der Waals surface area contributed by atoms with Crippen LogP contribution in [0.15, 0.2) is 47.3 Å². The molecule has 1 fully saturated rings. The first-order valence-corrected chi connectivity index (χ1v) is 7.73. The fourth-order valence-corrected chi connectivity index (χ4v) is 3.59. The summed E-state index contributed by atoms with van der Waals surface area (Å²) in [5, 5.41) is 4.06. The maximum Gasteiger partial charge on any atom is 0.275 e. The summed E-state index contributed by atoms with van der Waals surface area (Å²) >= 11 is 1.74. The molecular weight excluding hydrogens is 286 g/mol. The normalized spacial score (nSPS) is 18.0. The van der Waals surface area contributed by atoms with Crippen LogP contribution in [0, 0.1) is 0 Å². The largest absolute Gasteiger partial charge is 0.320 e. The number of hydrogen-bond donors (Lipinski definition) is 0. The molecule has 0 bridgehead atoms. The number of benzene rings is 1. The predicted molar refractivity (Wildman–Crippen MR) is 82.2 cm³/mol. The van der Waals surface area contributed by atoms with Gasteiger partial charge in [0.15, 0.2) is 0 Å². The summed E-state index contributed by atoms with van der Waals surface area (Å²) in [6, 6.07) is 12.8. The van der Waals surface area contributed by atoms with Gasteiger partial charge >= 0.3 is 0 Å². The average molecular weight is 301 g/mol. The van der Waals surface area contributed by atoms with Gasteiger partial charge in [0, 0.05) is 25.4 Å². The average Bonchev–Trinajstić information content (AvgIpc) is 2.99. The second kappa shape index (κ2) is 5.73. The third-order valence-electron chi connectivity index (χ3n) is 3.42. The van der Waals surface area contributed by atoms with Crippen molar-refractivity contribution in [2.24, 2.45) is 7.05 Å². The lowest BCUT2D eigenvalue weighted by Gasteiger charge is -2.23. The van der Waals surface area contributed by atoms with Gasteiger partial charge in [-0.3, -0.25) is 9.59 Å². The summed E-state index contributed by atoms with van der Waals surface area (Å²) in [7, 11) is 1.55. The molecule has 0 spiro atoms. The molecule has 1 aliphatic rings. The van der Waals surface area contributed by atoms with Gasteiger partial charge in [0.1, 0.15) is 11.1 Å². The second-order valence-corrected chi connectivity index (χ2v) is 6.00. The van der Waals surface area contributed by atoms with Crippen LogP contribution in [-0.2, 0) is 7.05 Å². The van der Waals surface area contributed by atoms with E-state index in [1.165, 1.54) is 16.8 Å². The Labute approximate surface area is 126 Å². The zero-order valence-corrected chi connectivity index (χ0v) is 12.4. The minimum Gasteiger partial charge on any atom is -0.320 e. The Hall–Kier alpha value is -2.08. The Balaban J connectivity index is 1.89. The summed E-state index contributed by atoms with van der Waals surface area (Å²) in [6.45, 7) is 0.688. The van der Waals surface area contributed by atoms with Gasteiger partial charge in [0.25, 0.3) is 11.5 Å². The molecule has 1 aromatic carbocycles. The van der Waals surface area contributed by atoms with Crippen molar-refractivity contribution < 1.29 is 4.79 Å². The second-order valence-electron chi connectivity index (χ2n) is 4.81. The van der Waals surface area contributed by atoms with Crippen LogP contribution in [0.2, 0.25) is 0 Å². The highest BCUT2D eigenvalue weighted by Gasteiger charge is 2.31. The number of carbonyl (C=O) groups is 1. The number of aryl methyl sites for hydroxylation is 1. The molecule has 1 saturated heterocycles. The van der Waals surface area contributed by atoms with Crippen LogP contribution in [0.25, 0.3) is 0 Å². The van der Waals surface area contributed by atoms with Gasteiger partial charge in [-0.1, -0.05) is 30.3 Å². The number of hydrogen-bond acceptors (Lipinski definition) is 4. The van der Waals surface area contributed by atoms with Crippen LogP contribution in [0.4, 0.5) is 0 Å². The summed E-state index contributed by atoms with van der Waals surface area (Å²) in [6.07, 6.45) is 0. The highest BCUT2D eigenvalue weighted by molar-refractivity contribution is 7.99. The lowest BCUT2D eigenvalue weighted by molar-refractivity contribution is 0.0751. The van der Waals surface area contributed by atoms with Crippen molar-refractivity contribution in [3.63, 3.8) is 0 Å². The molecule has 0 radical (unpaired) electrons. The summed E-state index contributed by atoms with van der Waals surface area (Å²) in [5.74, 6) is 0.765. The van der Waals surface area contributed by atoms with Crippen LogP contribution in [-0.4, -0.2) is 32.9 Å². The maximum atomic E-state index is 12.6. The topological polar surface area (TPSA) is 55.2 Å².